The molecule has 0 atom stereocenters. The van der Waals surface area contributed by atoms with Crippen LogP contribution in [0.5, 0.6) is 5.75 Å². The molecule has 0 aromatic heterocycles. The van der Waals surface area contributed by atoms with Crippen LogP contribution in [0, 0.1) is 0 Å². The Kier molecular flexibility index (Phi) is 7.61. The van der Waals surface area contributed by atoms with E-state index in [1.807, 2.05) is 42.5 Å². The highest BCUT2D eigenvalue weighted by Gasteiger charge is 1.95. The number of carbonyl (C=O) groups is 1. The Morgan fingerprint density at radius 1 is 0.952 bits per heavy atom. The summed E-state index contributed by atoms with van der Waals surface area (Å²) in [4.78, 5) is 10.2. The lowest BCUT2D eigenvalue weighted by Crippen LogP contribution is -1.84. The van der Waals surface area contributed by atoms with Gasteiger partial charge in [-0.1, -0.05) is 60.8 Å². The Labute approximate surface area is 132 Å². The molecule has 0 fully saturated rings. The van der Waals surface area contributed by atoms with Crippen LogP contribution >= 0.6 is 15.9 Å². The minimum atomic E-state index is -0.963. The lowest BCUT2D eigenvalue weighted by molar-refractivity contribution is -0.131. The summed E-state index contributed by atoms with van der Waals surface area (Å²) in [7, 11) is 0. The van der Waals surface area contributed by atoms with Crippen LogP contribution < -0.4 is 0 Å². The van der Waals surface area contributed by atoms with Gasteiger partial charge in [0.2, 0.25) is 0 Å². The van der Waals surface area contributed by atoms with E-state index >= 15 is 0 Å². The number of allylic oxidation sites excluding steroid dienone is 8. The van der Waals surface area contributed by atoms with Gasteiger partial charge < -0.3 is 10.2 Å². The van der Waals surface area contributed by atoms with Crippen molar-refractivity contribution in [1.82, 2.24) is 0 Å². The first-order valence-electron chi connectivity index (χ1n) is 6.16. The van der Waals surface area contributed by atoms with E-state index in [0.29, 0.717) is 4.47 Å². The lowest BCUT2D eigenvalue weighted by Gasteiger charge is -1.97. The molecule has 0 saturated carbocycles. The van der Waals surface area contributed by atoms with Crippen LogP contribution in [0.15, 0.2) is 77.4 Å². The molecule has 0 radical (unpaired) electrons. The predicted octanol–water partition coefficient (Wildman–Crippen LogP) is 4.48. The molecule has 0 unspecified atom stereocenters. The summed E-state index contributed by atoms with van der Waals surface area (Å²) in [6, 6.07) is 5.27. The fourth-order valence-electron chi connectivity index (χ4n) is 1.32. The average Bonchev–Trinajstić information content (AvgIpc) is 2.44. The van der Waals surface area contributed by atoms with Gasteiger partial charge in [0.15, 0.2) is 0 Å². The highest BCUT2D eigenvalue weighted by Crippen LogP contribution is 2.24. The fourth-order valence-corrected chi connectivity index (χ4v) is 1.71. The summed E-state index contributed by atoms with van der Waals surface area (Å²) in [5.41, 5.74) is 0.979. The summed E-state index contributed by atoms with van der Waals surface area (Å²) in [5, 5.41) is 17.7. The number of phenols is 1. The molecule has 3 nitrogen and oxygen atoms in total. The first-order valence-corrected chi connectivity index (χ1v) is 6.95. The molecule has 108 valence electrons. The van der Waals surface area contributed by atoms with E-state index in [1.165, 1.54) is 6.08 Å². The first-order chi connectivity index (χ1) is 10.1. The number of aromatic hydroxyl groups is 1. The van der Waals surface area contributed by atoms with E-state index in [2.05, 4.69) is 15.9 Å². The summed E-state index contributed by atoms with van der Waals surface area (Å²) in [6.07, 6.45) is 17.1. The van der Waals surface area contributed by atoms with Gasteiger partial charge in [0, 0.05) is 6.08 Å². The molecule has 4 heteroatoms. The van der Waals surface area contributed by atoms with Crippen molar-refractivity contribution in [2.45, 2.75) is 0 Å². The highest BCUT2D eigenvalue weighted by molar-refractivity contribution is 9.10. The number of carboxylic acid groups (broad SMARTS) is 1. The predicted molar refractivity (Wildman–Crippen MR) is 89.0 cm³/mol. The van der Waals surface area contributed by atoms with Crippen molar-refractivity contribution >= 4 is 28.0 Å². The summed E-state index contributed by atoms with van der Waals surface area (Å²) in [6.45, 7) is 0. The summed E-state index contributed by atoms with van der Waals surface area (Å²) in [5.74, 6) is -0.746. The van der Waals surface area contributed by atoms with E-state index in [4.69, 9.17) is 5.11 Å². The lowest BCUT2D eigenvalue weighted by atomic mass is 10.2. The molecule has 0 bridgehead atoms. The van der Waals surface area contributed by atoms with Gasteiger partial charge in [0.1, 0.15) is 5.75 Å². The normalized spacial score (nSPS) is 12.6. The monoisotopic (exact) mass is 346 g/mol. The number of aliphatic carboxylic acids is 1. The molecule has 21 heavy (non-hydrogen) atoms. The SMILES string of the molecule is O=C(O)C=CC=CC=CC=CC=Cc1ccc(O)c(Br)c1. The molecule has 0 spiro atoms. The van der Waals surface area contributed by atoms with Crippen molar-refractivity contribution in [3.05, 3.63) is 82.9 Å². The molecule has 0 aliphatic rings. The Hall–Kier alpha value is -2.33. The number of hydrogen-bond donors (Lipinski definition) is 2. The van der Waals surface area contributed by atoms with Gasteiger partial charge in [-0.05, 0) is 33.6 Å². The molecule has 1 aromatic rings. The van der Waals surface area contributed by atoms with Gasteiger partial charge in [-0.15, -0.1) is 0 Å². The van der Waals surface area contributed by atoms with Crippen LogP contribution in [0.3, 0.4) is 0 Å². The smallest absolute Gasteiger partial charge is 0.328 e. The Bertz CT molecular complexity index is 623. The summed E-state index contributed by atoms with van der Waals surface area (Å²) < 4.78 is 0.660. The molecule has 1 aromatic carbocycles. The van der Waals surface area contributed by atoms with Gasteiger partial charge in [-0.25, -0.2) is 4.79 Å². The number of carboxylic acids is 1. The van der Waals surface area contributed by atoms with Crippen LogP contribution in [0.1, 0.15) is 5.56 Å². The molecule has 0 saturated heterocycles. The fraction of sp³-hybridized carbons (Fsp3) is 0. The molecule has 0 amide bonds. The van der Waals surface area contributed by atoms with Crippen molar-refractivity contribution in [3.63, 3.8) is 0 Å². The Balaban J connectivity index is 2.42. The number of halogens is 1. The second kappa shape index (κ2) is 9.55. The van der Waals surface area contributed by atoms with Gasteiger partial charge in [0.05, 0.1) is 4.47 Å². The molecule has 0 aliphatic heterocycles. The Morgan fingerprint density at radius 3 is 2.10 bits per heavy atom. The zero-order chi connectivity index (χ0) is 15.5. The zero-order valence-corrected chi connectivity index (χ0v) is 12.8. The van der Waals surface area contributed by atoms with E-state index in [0.717, 1.165) is 11.6 Å². The number of benzene rings is 1. The second-order valence-electron chi connectivity index (χ2n) is 3.92. The van der Waals surface area contributed by atoms with Crippen LogP contribution in [0.25, 0.3) is 6.08 Å². The van der Waals surface area contributed by atoms with Crippen LogP contribution in [-0.2, 0) is 4.79 Å². The number of hydrogen-bond acceptors (Lipinski definition) is 2. The van der Waals surface area contributed by atoms with Crippen molar-refractivity contribution in [1.29, 1.82) is 0 Å². The van der Waals surface area contributed by atoms with Gasteiger partial charge in [0.25, 0.3) is 0 Å². The van der Waals surface area contributed by atoms with Crippen LogP contribution in [0.4, 0.5) is 0 Å². The van der Waals surface area contributed by atoms with E-state index in [1.54, 1.807) is 24.3 Å². The Morgan fingerprint density at radius 2 is 1.52 bits per heavy atom. The average molecular weight is 347 g/mol. The third-order valence-electron chi connectivity index (χ3n) is 2.28. The molecule has 2 N–H and O–H groups in total. The minimum absolute atomic E-state index is 0.217. The van der Waals surface area contributed by atoms with Crippen molar-refractivity contribution in [2.24, 2.45) is 0 Å². The summed E-state index contributed by atoms with van der Waals surface area (Å²) >= 11 is 3.26. The first kappa shape index (κ1) is 16.7. The van der Waals surface area contributed by atoms with Crippen molar-refractivity contribution < 1.29 is 15.0 Å². The highest BCUT2D eigenvalue weighted by atomic mass is 79.9. The van der Waals surface area contributed by atoms with E-state index in [-0.39, 0.29) is 5.75 Å². The zero-order valence-electron chi connectivity index (χ0n) is 11.2. The van der Waals surface area contributed by atoms with Crippen LogP contribution in [-0.4, -0.2) is 16.2 Å². The van der Waals surface area contributed by atoms with E-state index < -0.39 is 5.97 Å². The quantitative estimate of drug-likeness (QED) is 0.589. The van der Waals surface area contributed by atoms with Crippen LogP contribution in [0.2, 0.25) is 0 Å². The third kappa shape index (κ3) is 7.74. The van der Waals surface area contributed by atoms with Gasteiger partial charge in [-0.2, -0.15) is 0 Å². The number of phenolic OH excluding ortho intramolecular Hbond substituents is 1. The maximum atomic E-state index is 10.2. The molecular formula is C17H15BrO3. The number of rotatable bonds is 6. The largest absolute Gasteiger partial charge is 0.507 e. The maximum Gasteiger partial charge on any atom is 0.328 e. The standard InChI is InChI=1S/C17H15BrO3/c18-15-13-14(11-12-16(15)19)9-7-5-3-1-2-4-6-8-10-17(20)21/h1-13,19H,(H,20,21). The maximum absolute atomic E-state index is 10.2. The molecule has 0 aliphatic carbocycles. The van der Waals surface area contributed by atoms with Gasteiger partial charge in [-0.3, -0.25) is 0 Å². The minimum Gasteiger partial charge on any atom is -0.507 e. The molecular weight excluding hydrogens is 332 g/mol. The molecule has 1 rings (SSSR count). The second-order valence-corrected chi connectivity index (χ2v) is 4.78. The third-order valence-corrected chi connectivity index (χ3v) is 2.91. The van der Waals surface area contributed by atoms with Crippen molar-refractivity contribution in [3.8, 4) is 5.75 Å². The topological polar surface area (TPSA) is 57.5 Å². The van der Waals surface area contributed by atoms with Crippen molar-refractivity contribution in [2.75, 3.05) is 0 Å². The van der Waals surface area contributed by atoms with E-state index in [9.17, 15) is 9.90 Å². The molecule has 0 heterocycles. The van der Waals surface area contributed by atoms with Gasteiger partial charge >= 0.3 is 5.97 Å².